The zero-order valence-electron chi connectivity index (χ0n) is 5.57. The monoisotopic (exact) mass is 147 g/mol. The zero-order valence-corrected chi connectivity index (χ0v) is 5.57. The number of nitrogens with one attached hydrogen (secondary N) is 2. The first-order valence-electron chi connectivity index (χ1n) is 3.08. The summed E-state index contributed by atoms with van der Waals surface area (Å²) in [5.41, 5.74) is 1.45. The minimum Gasteiger partial charge on any atom is -0.281 e. The molecule has 2 N–H and O–H groups in total. The number of hydrogen-bond donors (Lipinski definition) is 2. The molecular formula is C6H5N5. The van der Waals surface area contributed by atoms with E-state index in [9.17, 15) is 0 Å². The van der Waals surface area contributed by atoms with Crippen molar-refractivity contribution in [1.29, 1.82) is 5.41 Å². The molecule has 1 aromatic rings. The molecular weight excluding hydrogens is 142 g/mol. The van der Waals surface area contributed by atoms with Crippen molar-refractivity contribution >= 4 is 11.5 Å². The van der Waals surface area contributed by atoms with Gasteiger partial charge in [0.2, 0.25) is 0 Å². The van der Waals surface area contributed by atoms with Crippen molar-refractivity contribution in [3.8, 4) is 0 Å². The van der Waals surface area contributed by atoms with Crippen molar-refractivity contribution < 1.29 is 0 Å². The fourth-order valence-corrected chi connectivity index (χ4v) is 0.825. The topological polar surface area (TPSA) is 77.2 Å². The Morgan fingerprint density at radius 1 is 1.36 bits per heavy atom. The molecule has 0 fully saturated rings. The lowest BCUT2D eigenvalue weighted by Gasteiger charge is -1.86. The molecule has 5 nitrogen and oxygen atoms in total. The van der Waals surface area contributed by atoms with Crippen molar-refractivity contribution in [2.45, 2.75) is 0 Å². The van der Waals surface area contributed by atoms with Gasteiger partial charge >= 0.3 is 0 Å². The van der Waals surface area contributed by atoms with Gasteiger partial charge in [0, 0.05) is 12.3 Å². The molecule has 5 heteroatoms. The highest BCUT2D eigenvalue weighted by Gasteiger charge is 2.07. The van der Waals surface area contributed by atoms with Gasteiger partial charge in [-0.05, 0) is 6.07 Å². The molecule has 0 saturated carbocycles. The maximum absolute atomic E-state index is 7.11. The second-order valence-electron chi connectivity index (χ2n) is 2.09. The Hall–Kier alpha value is -1.78. The van der Waals surface area contributed by atoms with E-state index in [-0.39, 0.29) is 5.84 Å². The maximum Gasteiger partial charge on any atom is 0.169 e. The number of rotatable bonds is 1. The lowest BCUT2D eigenvalue weighted by Crippen LogP contribution is -1.79. The van der Waals surface area contributed by atoms with Gasteiger partial charge < -0.3 is 0 Å². The third-order valence-electron chi connectivity index (χ3n) is 1.32. The Bertz CT molecular complexity index is 332. The Morgan fingerprint density at radius 3 is 2.82 bits per heavy atom. The van der Waals surface area contributed by atoms with Gasteiger partial charge in [-0.2, -0.15) is 5.10 Å². The summed E-state index contributed by atoms with van der Waals surface area (Å²) in [5.74, 6) is 0.176. The summed E-state index contributed by atoms with van der Waals surface area (Å²) in [5, 5.41) is 20.9. The van der Waals surface area contributed by atoms with Gasteiger partial charge in [0.15, 0.2) is 5.84 Å². The molecule has 2 heterocycles. The van der Waals surface area contributed by atoms with E-state index in [2.05, 4.69) is 20.4 Å². The van der Waals surface area contributed by atoms with Crippen LogP contribution < -0.4 is 0 Å². The smallest absolute Gasteiger partial charge is 0.169 e. The summed E-state index contributed by atoms with van der Waals surface area (Å²) >= 11 is 0. The average Bonchev–Trinajstić information content (AvgIpc) is 2.55. The van der Waals surface area contributed by atoms with Gasteiger partial charge in [-0.15, -0.1) is 10.2 Å². The predicted molar refractivity (Wildman–Crippen MR) is 39.1 cm³/mol. The molecule has 54 valence electrons. The van der Waals surface area contributed by atoms with Gasteiger partial charge in [-0.3, -0.25) is 10.5 Å². The van der Waals surface area contributed by atoms with Crippen LogP contribution in [-0.4, -0.2) is 16.0 Å². The average molecular weight is 147 g/mol. The molecule has 0 spiro atoms. The quantitative estimate of drug-likeness (QED) is 0.615. The molecule has 0 unspecified atom stereocenters. The van der Waals surface area contributed by atoms with Crippen molar-refractivity contribution in [3.05, 3.63) is 24.0 Å². The molecule has 2 rings (SSSR count). The number of aromatic nitrogens is 2. The molecule has 0 aromatic carbocycles. The number of hydrogen-bond acceptors (Lipinski definition) is 3. The molecule has 0 saturated heterocycles. The van der Waals surface area contributed by atoms with Gasteiger partial charge in [-0.1, -0.05) is 0 Å². The summed E-state index contributed by atoms with van der Waals surface area (Å²) in [6.07, 6.45) is 3.21. The van der Waals surface area contributed by atoms with Crippen LogP contribution in [0.15, 0.2) is 28.6 Å². The number of azo groups is 1. The van der Waals surface area contributed by atoms with E-state index >= 15 is 0 Å². The molecule has 0 amide bonds. The molecule has 0 bridgehead atoms. The van der Waals surface area contributed by atoms with E-state index < -0.39 is 0 Å². The van der Waals surface area contributed by atoms with Crippen LogP contribution in [0.5, 0.6) is 0 Å². The fraction of sp³-hybridized carbons (Fsp3) is 0. The van der Waals surface area contributed by atoms with Crippen molar-refractivity contribution in [1.82, 2.24) is 10.2 Å². The molecule has 1 aliphatic rings. The SMILES string of the molecule is N=C1C=C(c2ccn[nH]2)N=N1. The normalized spacial score (nSPS) is 15.6. The minimum atomic E-state index is 0.176. The van der Waals surface area contributed by atoms with Gasteiger partial charge in [0.25, 0.3) is 0 Å². The molecule has 1 aliphatic heterocycles. The summed E-state index contributed by atoms with van der Waals surface area (Å²) in [7, 11) is 0. The first-order chi connectivity index (χ1) is 5.36. The summed E-state index contributed by atoms with van der Waals surface area (Å²) in [6.45, 7) is 0. The zero-order chi connectivity index (χ0) is 7.68. The molecule has 11 heavy (non-hydrogen) atoms. The third kappa shape index (κ3) is 0.958. The molecule has 0 radical (unpaired) electrons. The van der Waals surface area contributed by atoms with E-state index in [0.717, 1.165) is 5.69 Å². The van der Waals surface area contributed by atoms with Crippen LogP contribution in [0.25, 0.3) is 5.70 Å². The van der Waals surface area contributed by atoms with Crippen LogP contribution in [0.4, 0.5) is 0 Å². The highest BCUT2D eigenvalue weighted by molar-refractivity contribution is 5.99. The third-order valence-corrected chi connectivity index (χ3v) is 1.32. The lowest BCUT2D eigenvalue weighted by atomic mass is 10.3. The first-order valence-corrected chi connectivity index (χ1v) is 3.08. The van der Waals surface area contributed by atoms with Gasteiger partial charge in [0.05, 0.1) is 5.69 Å². The molecule has 0 aliphatic carbocycles. The van der Waals surface area contributed by atoms with Crippen LogP contribution in [0.1, 0.15) is 5.69 Å². The largest absolute Gasteiger partial charge is 0.281 e. The maximum atomic E-state index is 7.11. The summed E-state index contributed by atoms with van der Waals surface area (Å²) in [4.78, 5) is 0. The number of H-pyrrole nitrogens is 1. The van der Waals surface area contributed by atoms with Crippen molar-refractivity contribution in [2.24, 2.45) is 10.2 Å². The van der Waals surface area contributed by atoms with E-state index in [4.69, 9.17) is 5.41 Å². The summed E-state index contributed by atoms with van der Waals surface area (Å²) < 4.78 is 0. The Labute approximate surface area is 62.4 Å². The van der Waals surface area contributed by atoms with E-state index in [0.29, 0.717) is 5.70 Å². The van der Waals surface area contributed by atoms with Gasteiger partial charge in [0.1, 0.15) is 5.70 Å². The second-order valence-corrected chi connectivity index (χ2v) is 2.09. The fourth-order valence-electron chi connectivity index (χ4n) is 0.825. The van der Waals surface area contributed by atoms with E-state index in [1.54, 1.807) is 18.3 Å². The Balaban J connectivity index is 2.40. The summed E-state index contributed by atoms with van der Waals surface area (Å²) in [6, 6.07) is 1.78. The standard InChI is InChI=1S/C6H5N5/c7-6-3-5(10-11-6)4-1-2-8-9-4/h1-3,7H,(H,8,9). The Morgan fingerprint density at radius 2 is 2.27 bits per heavy atom. The molecule has 1 aromatic heterocycles. The van der Waals surface area contributed by atoms with E-state index in [1.807, 2.05) is 0 Å². The van der Waals surface area contributed by atoms with Crippen LogP contribution in [0, 0.1) is 5.41 Å². The highest BCUT2D eigenvalue weighted by Crippen LogP contribution is 2.17. The molecule has 0 atom stereocenters. The van der Waals surface area contributed by atoms with Crippen LogP contribution in [0.3, 0.4) is 0 Å². The van der Waals surface area contributed by atoms with Crippen molar-refractivity contribution in [3.63, 3.8) is 0 Å². The number of nitrogens with zero attached hydrogens (tertiary/aromatic N) is 3. The van der Waals surface area contributed by atoms with E-state index in [1.165, 1.54) is 0 Å². The van der Waals surface area contributed by atoms with Crippen LogP contribution >= 0.6 is 0 Å². The first kappa shape index (κ1) is 5.96. The highest BCUT2D eigenvalue weighted by atomic mass is 15.2. The minimum absolute atomic E-state index is 0.176. The van der Waals surface area contributed by atoms with Gasteiger partial charge in [-0.25, -0.2) is 0 Å². The number of aromatic amines is 1. The predicted octanol–water partition coefficient (Wildman–Crippen LogP) is 1.19. The van der Waals surface area contributed by atoms with Crippen molar-refractivity contribution in [2.75, 3.05) is 0 Å². The number of amidine groups is 1. The second kappa shape index (κ2) is 2.12. The lowest BCUT2D eigenvalue weighted by molar-refractivity contribution is 1.07. The Kier molecular flexibility index (Phi) is 1.15. The van der Waals surface area contributed by atoms with Crippen LogP contribution in [0.2, 0.25) is 0 Å². The van der Waals surface area contributed by atoms with Crippen LogP contribution in [-0.2, 0) is 0 Å².